The third-order valence-corrected chi connectivity index (χ3v) is 5.60. The summed E-state index contributed by atoms with van der Waals surface area (Å²) in [6.45, 7) is 1.71. The quantitative estimate of drug-likeness (QED) is 0.531. The zero-order valence-corrected chi connectivity index (χ0v) is 17.8. The molecular weight excluding hydrogens is 461 g/mol. The maximum Gasteiger partial charge on any atom is 0.263 e. The van der Waals surface area contributed by atoms with Gasteiger partial charge in [-0.05, 0) is 59.3 Å². The van der Waals surface area contributed by atoms with E-state index < -0.39 is 0 Å². The molecule has 2 aromatic carbocycles. The summed E-state index contributed by atoms with van der Waals surface area (Å²) in [7, 11) is 0. The van der Waals surface area contributed by atoms with Gasteiger partial charge in [0.1, 0.15) is 28.1 Å². The Hall–Kier alpha value is -2.78. The van der Waals surface area contributed by atoms with Gasteiger partial charge in [-0.3, -0.25) is 9.59 Å². The normalized spacial score (nSPS) is 10.4. The molecule has 1 heterocycles. The Kier molecular flexibility index (Phi) is 6.95. The molecule has 0 aliphatic heterocycles. The van der Waals surface area contributed by atoms with E-state index in [2.05, 4.69) is 31.5 Å². The highest BCUT2D eigenvalue weighted by Gasteiger charge is 2.16. The van der Waals surface area contributed by atoms with Crippen molar-refractivity contribution in [2.45, 2.75) is 13.5 Å². The van der Waals surface area contributed by atoms with Crippen molar-refractivity contribution < 1.29 is 18.7 Å². The maximum atomic E-state index is 12.9. The Morgan fingerprint density at radius 1 is 1.17 bits per heavy atom. The molecule has 0 aliphatic carbocycles. The lowest BCUT2D eigenvalue weighted by atomic mass is 10.3. The zero-order valence-electron chi connectivity index (χ0n) is 15.4. The van der Waals surface area contributed by atoms with Crippen molar-refractivity contribution in [2.24, 2.45) is 0 Å². The van der Waals surface area contributed by atoms with E-state index >= 15 is 0 Å². The number of para-hydroxylation sites is 1. The predicted octanol–water partition coefficient (Wildman–Crippen LogP) is 4.30. The fourth-order valence-electron chi connectivity index (χ4n) is 2.40. The van der Waals surface area contributed by atoms with Gasteiger partial charge in [0.05, 0.1) is 17.9 Å². The van der Waals surface area contributed by atoms with E-state index in [-0.39, 0.29) is 30.8 Å². The van der Waals surface area contributed by atoms with Gasteiger partial charge in [-0.2, -0.15) is 0 Å². The number of hydrogen-bond acceptors (Lipinski definition) is 5. The number of nitrogens with one attached hydrogen (secondary N) is 2. The number of carbonyl (C=O) groups is 2. The van der Waals surface area contributed by atoms with Gasteiger partial charge in [0.15, 0.2) is 0 Å². The number of hydrogen-bond donors (Lipinski definition) is 2. The Labute approximate surface area is 179 Å². The van der Waals surface area contributed by atoms with Crippen molar-refractivity contribution in [1.29, 1.82) is 0 Å². The summed E-state index contributed by atoms with van der Waals surface area (Å²) < 4.78 is 19.2. The molecule has 0 unspecified atom stereocenters. The highest BCUT2D eigenvalue weighted by atomic mass is 79.9. The number of aromatic nitrogens is 1. The number of nitrogens with zero attached hydrogens (tertiary/aromatic N) is 1. The fourth-order valence-corrected chi connectivity index (χ4v) is 3.68. The first-order valence-corrected chi connectivity index (χ1v) is 10.2. The Morgan fingerprint density at radius 2 is 1.90 bits per heavy atom. The Balaban J connectivity index is 1.53. The molecule has 0 atom stereocenters. The second-order valence-electron chi connectivity index (χ2n) is 5.98. The fraction of sp³-hybridized carbons (Fsp3) is 0.150. The molecule has 0 spiro atoms. The number of rotatable bonds is 7. The van der Waals surface area contributed by atoms with Crippen molar-refractivity contribution in [3.63, 3.8) is 0 Å². The topological polar surface area (TPSA) is 80.3 Å². The van der Waals surface area contributed by atoms with Crippen LogP contribution < -0.4 is 15.4 Å². The lowest BCUT2D eigenvalue weighted by molar-refractivity contribution is -0.115. The first-order chi connectivity index (χ1) is 13.9. The summed E-state index contributed by atoms with van der Waals surface area (Å²) in [6.07, 6.45) is 0. The molecule has 0 fully saturated rings. The molecule has 2 N–H and O–H groups in total. The average Bonchev–Trinajstić information content (AvgIpc) is 3.08. The summed E-state index contributed by atoms with van der Waals surface area (Å²) in [5.41, 5.74) is 1.18. The number of amides is 2. The smallest absolute Gasteiger partial charge is 0.263 e. The molecule has 0 bridgehead atoms. The van der Waals surface area contributed by atoms with E-state index in [1.54, 1.807) is 19.1 Å². The molecule has 2 amide bonds. The molecule has 150 valence electrons. The molecule has 29 heavy (non-hydrogen) atoms. The van der Waals surface area contributed by atoms with Crippen LogP contribution in [0.5, 0.6) is 5.75 Å². The second kappa shape index (κ2) is 9.62. The first kappa shape index (κ1) is 20.9. The van der Waals surface area contributed by atoms with Gasteiger partial charge in [0.2, 0.25) is 5.91 Å². The molecule has 0 saturated carbocycles. The second-order valence-corrected chi connectivity index (χ2v) is 7.91. The van der Waals surface area contributed by atoms with Gasteiger partial charge >= 0.3 is 0 Å². The van der Waals surface area contributed by atoms with Crippen molar-refractivity contribution in [2.75, 3.05) is 11.9 Å². The number of ether oxygens (including phenoxy) is 1. The minimum atomic E-state index is -0.379. The Bertz CT molecular complexity index is 1020. The van der Waals surface area contributed by atoms with Gasteiger partial charge in [-0.1, -0.05) is 12.1 Å². The van der Waals surface area contributed by atoms with E-state index in [0.717, 1.165) is 4.47 Å². The lowest BCUT2D eigenvalue weighted by Crippen LogP contribution is -2.32. The number of benzene rings is 2. The van der Waals surface area contributed by atoms with E-state index in [9.17, 15) is 14.0 Å². The van der Waals surface area contributed by atoms with Crippen molar-refractivity contribution in [3.8, 4) is 5.75 Å². The zero-order chi connectivity index (χ0) is 20.8. The molecule has 3 rings (SSSR count). The van der Waals surface area contributed by atoms with E-state index in [1.807, 2.05) is 12.1 Å². The van der Waals surface area contributed by atoms with Gasteiger partial charge in [-0.15, -0.1) is 11.3 Å². The minimum Gasteiger partial charge on any atom is -0.486 e. The van der Waals surface area contributed by atoms with Crippen LogP contribution in [0.3, 0.4) is 0 Å². The molecule has 3 aromatic rings. The van der Waals surface area contributed by atoms with Crippen molar-refractivity contribution in [1.82, 2.24) is 10.3 Å². The van der Waals surface area contributed by atoms with Gasteiger partial charge in [0, 0.05) is 4.47 Å². The van der Waals surface area contributed by atoms with Gasteiger partial charge in [-0.25, -0.2) is 9.37 Å². The van der Waals surface area contributed by atoms with E-state index in [1.165, 1.54) is 35.6 Å². The monoisotopic (exact) mass is 477 g/mol. The number of aryl methyl sites for hydroxylation is 1. The Morgan fingerprint density at radius 3 is 2.62 bits per heavy atom. The summed E-state index contributed by atoms with van der Waals surface area (Å²) in [4.78, 5) is 29.2. The van der Waals surface area contributed by atoms with Gasteiger partial charge in [0.25, 0.3) is 5.91 Å². The molecule has 9 heteroatoms. The number of halogens is 2. The minimum absolute atomic E-state index is 0.160. The van der Waals surface area contributed by atoms with Crippen LogP contribution in [0.4, 0.5) is 10.1 Å². The SMILES string of the molecule is Cc1nc(COc2ccc(F)cc2)sc1C(=O)NCC(=O)Nc1ccccc1Br. The third kappa shape index (κ3) is 5.85. The van der Waals surface area contributed by atoms with Crippen LogP contribution in [0.25, 0.3) is 0 Å². The average molecular weight is 478 g/mol. The standard InChI is InChI=1S/C20H17BrFN3O3S/c1-12-19(29-18(24-12)11-28-14-8-6-13(22)7-9-14)20(27)23-10-17(26)25-16-5-3-2-4-15(16)21/h2-9H,10-11H2,1H3,(H,23,27)(H,25,26). The largest absolute Gasteiger partial charge is 0.486 e. The van der Waals surface area contributed by atoms with Crippen LogP contribution in [-0.4, -0.2) is 23.3 Å². The third-order valence-electron chi connectivity index (χ3n) is 3.78. The highest BCUT2D eigenvalue weighted by Crippen LogP contribution is 2.22. The molecule has 0 aliphatic rings. The molecule has 6 nitrogen and oxygen atoms in total. The van der Waals surface area contributed by atoms with Crippen LogP contribution >= 0.6 is 27.3 Å². The van der Waals surface area contributed by atoms with Crippen LogP contribution in [0.2, 0.25) is 0 Å². The summed E-state index contributed by atoms with van der Waals surface area (Å²) >= 11 is 4.54. The highest BCUT2D eigenvalue weighted by molar-refractivity contribution is 9.10. The van der Waals surface area contributed by atoms with Crippen molar-refractivity contribution in [3.05, 3.63) is 74.4 Å². The summed E-state index contributed by atoms with van der Waals surface area (Å²) in [5, 5.41) is 5.92. The number of anilines is 1. The predicted molar refractivity (Wildman–Crippen MR) is 113 cm³/mol. The van der Waals surface area contributed by atoms with Gasteiger partial charge < -0.3 is 15.4 Å². The summed E-state index contributed by atoms with van der Waals surface area (Å²) in [6, 6.07) is 12.9. The molecular formula is C20H17BrFN3O3S. The lowest BCUT2D eigenvalue weighted by Gasteiger charge is -2.08. The van der Waals surface area contributed by atoms with Crippen LogP contribution in [0.15, 0.2) is 53.0 Å². The molecule has 0 saturated heterocycles. The van der Waals surface area contributed by atoms with Crippen LogP contribution in [0.1, 0.15) is 20.4 Å². The molecule has 0 radical (unpaired) electrons. The van der Waals surface area contributed by atoms with E-state index in [4.69, 9.17) is 4.74 Å². The molecule has 1 aromatic heterocycles. The number of carbonyl (C=O) groups excluding carboxylic acids is 2. The van der Waals surface area contributed by atoms with E-state index in [0.29, 0.717) is 27.0 Å². The first-order valence-electron chi connectivity index (χ1n) is 8.59. The van der Waals surface area contributed by atoms with Crippen LogP contribution in [-0.2, 0) is 11.4 Å². The van der Waals surface area contributed by atoms with Crippen molar-refractivity contribution >= 4 is 44.8 Å². The summed E-state index contributed by atoms with van der Waals surface area (Å²) in [5.74, 6) is -0.554. The maximum absolute atomic E-state index is 12.9. The number of thiazole rings is 1. The van der Waals surface area contributed by atoms with Crippen LogP contribution in [0, 0.1) is 12.7 Å².